The number of hydrogen-bond acceptors (Lipinski definition) is 2. The van der Waals surface area contributed by atoms with Gasteiger partial charge in [-0.25, -0.2) is 0 Å². The first-order valence-electron chi connectivity index (χ1n) is 5.58. The molecule has 0 radical (unpaired) electrons. The van der Waals surface area contributed by atoms with Crippen molar-refractivity contribution in [2.75, 3.05) is 6.61 Å². The third-order valence-corrected chi connectivity index (χ3v) is 2.00. The molecule has 0 aliphatic heterocycles. The zero-order valence-electron chi connectivity index (χ0n) is 9.42. The van der Waals surface area contributed by atoms with E-state index in [0.29, 0.717) is 13.0 Å². The van der Waals surface area contributed by atoms with E-state index in [1.807, 2.05) is 13.0 Å². The lowest BCUT2D eigenvalue weighted by Gasteiger charge is -2.02. The Morgan fingerprint density at radius 1 is 1.29 bits per heavy atom. The summed E-state index contributed by atoms with van der Waals surface area (Å²) in [6, 6.07) is 0. The molecule has 2 nitrogen and oxygen atoms in total. The molecule has 0 atom stereocenters. The van der Waals surface area contributed by atoms with E-state index >= 15 is 0 Å². The maximum atomic E-state index is 11.1. The second-order valence-electron chi connectivity index (χ2n) is 3.39. The molecular formula is C12H22O2. The van der Waals surface area contributed by atoms with Crippen LogP contribution in [0.5, 0.6) is 0 Å². The Bertz CT molecular complexity index is 162. The van der Waals surface area contributed by atoms with Crippen molar-refractivity contribution in [3.63, 3.8) is 0 Å². The zero-order chi connectivity index (χ0) is 10.6. The van der Waals surface area contributed by atoms with Crippen LogP contribution in [0.3, 0.4) is 0 Å². The number of hydrogen-bond donors (Lipinski definition) is 0. The molecule has 0 saturated carbocycles. The molecule has 0 rings (SSSR count). The topological polar surface area (TPSA) is 26.3 Å². The van der Waals surface area contributed by atoms with Crippen molar-refractivity contribution >= 4 is 5.97 Å². The van der Waals surface area contributed by atoms with Gasteiger partial charge in [0.2, 0.25) is 0 Å². The third-order valence-electron chi connectivity index (χ3n) is 2.00. The van der Waals surface area contributed by atoms with E-state index in [2.05, 4.69) is 13.0 Å². The molecule has 0 aliphatic carbocycles. The van der Waals surface area contributed by atoms with Crippen LogP contribution in [-0.4, -0.2) is 12.6 Å². The molecule has 14 heavy (non-hydrogen) atoms. The number of carbonyl (C=O) groups is 1. The van der Waals surface area contributed by atoms with E-state index in [1.54, 1.807) is 0 Å². The Kier molecular flexibility index (Phi) is 9.71. The summed E-state index contributed by atoms with van der Waals surface area (Å²) >= 11 is 0. The second kappa shape index (κ2) is 10.3. The summed E-state index contributed by atoms with van der Waals surface area (Å²) in [5, 5.41) is 0. The van der Waals surface area contributed by atoms with Crippen molar-refractivity contribution in [2.45, 2.75) is 52.4 Å². The molecule has 0 aromatic heterocycles. The minimum Gasteiger partial charge on any atom is -0.466 e. The fourth-order valence-corrected chi connectivity index (χ4v) is 1.15. The highest BCUT2D eigenvalue weighted by Crippen LogP contribution is 2.01. The molecule has 0 N–H and O–H groups in total. The summed E-state index contributed by atoms with van der Waals surface area (Å²) in [4.78, 5) is 11.1. The molecular weight excluding hydrogens is 176 g/mol. The van der Waals surface area contributed by atoms with E-state index in [-0.39, 0.29) is 5.97 Å². The van der Waals surface area contributed by atoms with Crippen LogP contribution >= 0.6 is 0 Å². The van der Waals surface area contributed by atoms with Crippen molar-refractivity contribution in [1.29, 1.82) is 0 Å². The number of allylic oxidation sites excluding steroid dienone is 2. The first kappa shape index (κ1) is 13.2. The molecule has 2 heteroatoms. The lowest BCUT2D eigenvalue weighted by atomic mass is 10.2. The maximum absolute atomic E-state index is 11.1. The van der Waals surface area contributed by atoms with E-state index in [4.69, 9.17) is 4.74 Å². The quantitative estimate of drug-likeness (QED) is 0.339. The molecule has 82 valence electrons. The van der Waals surface area contributed by atoms with Gasteiger partial charge in [-0.1, -0.05) is 31.9 Å². The second-order valence-corrected chi connectivity index (χ2v) is 3.39. The molecule has 0 saturated heterocycles. The number of rotatable bonds is 8. The number of unbranched alkanes of at least 4 members (excludes halogenated alkanes) is 3. The van der Waals surface area contributed by atoms with E-state index in [1.165, 1.54) is 0 Å². The van der Waals surface area contributed by atoms with Gasteiger partial charge in [-0.3, -0.25) is 4.79 Å². The molecule has 0 fully saturated rings. The number of esters is 1. The minimum absolute atomic E-state index is 0.0427. The van der Waals surface area contributed by atoms with Crippen molar-refractivity contribution in [1.82, 2.24) is 0 Å². The number of ether oxygens (including phenoxy) is 1. The van der Waals surface area contributed by atoms with Crippen LogP contribution < -0.4 is 0 Å². The summed E-state index contributed by atoms with van der Waals surface area (Å²) in [5.74, 6) is -0.0427. The van der Waals surface area contributed by atoms with Gasteiger partial charge in [0.15, 0.2) is 0 Å². The molecule has 0 aliphatic rings. The van der Waals surface area contributed by atoms with Crippen LogP contribution in [0.4, 0.5) is 0 Å². The monoisotopic (exact) mass is 198 g/mol. The highest BCUT2D eigenvalue weighted by atomic mass is 16.5. The zero-order valence-corrected chi connectivity index (χ0v) is 9.42. The summed E-state index contributed by atoms with van der Waals surface area (Å²) in [6.07, 6.45) is 9.85. The minimum atomic E-state index is -0.0427. The SMILES string of the molecule is C/C=C\CCCOC(=O)CCCCC. The predicted molar refractivity (Wildman–Crippen MR) is 59.1 cm³/mol. The third kappa shape index (κ3) is 9.30. The molecule has 0 aromatic carbocycles. The molecule has 0 spiro atoms. The van der Waals surface area contributed by atoms with E-state index in [0.717, 1.165) is 32.1 Å². The van der Waals surface area contributed by atoms with Crippen LogP contribution in [0.25, 0.3) is 0 Å². The summed E-state index contributed by atoms with van der Waals surface area (Å²) in [6.45, 7) is 4.69. The van der Waals surface area contributed by atoms with Crippen LogP contribution in [0.2, 0.25) is 0 Å². The van der Waals surface area contributed by atoms with Crippen molar-refractivity contribution in [3.05, 3.63) is 12.2 Å². The van der Waals surface area contributed by atoms with Crippen LogP contribution in [0, 0.1) is 0 Å². The van der Waals surface area contributed by atoms with Gasteiger partial charge in [-0.2, -0.15) is 0 Å². The Hall–Kier alpha value is -0.790. The Balaban J connectivity index is 3.18. The highest BCUT2D eigenvalue weighted by molar-refractivity contribution is 5.69. The van der Waals surface area contributed by atoms with Gasteiger partial charge in [0, 0.05) is 6.42 Å². The van der Waals surface area contributed by atoms with Gasteiger partial charge in [0.05, 0.1) is 6.61 Å². The number of carbonyl (C=O) groups excluding carboxylic acids is 1. The summed E-state index contributed by atoms with van der Waals surface area (Å²) < 4.78 is 5.06. The van der Waals surface area contributed by atoms with Crippen molar-refractivity contribution in [3.8, 4) is 0 Å². The van der Waals surface area contributed by atoms with E-state index < -0.39 is 0 Å². The summed E-state index contributed by atoms with van der Waals surface area (Å²) in [5.41, 5.74) is 0. The standard InChI is InChI=1S/C12H22O2/c1-3-5-7-9-11-14-12(13)10-8-6-4-2/h3,5H,4,6-11H2,1-2H3/b5-3-. The molecule has 0 unspecified atom stereocenters. The lowest BCUT2D eigenvalue weighted by Crippen LogP contribution is -2.05. The molecule has 0 aromatic rings. The maximum Gasteiger partial charge on any atom is 0.305 e. The normalized spacial score (nSPS) is 10.7. The smallest absolute Gasteiger partial charge is 0.305 e. The summed E-state index contributed by atoms with van der Waals surface area (Å²) in [7, 11) is 0. The predicted octanol–water partition coefficient (Wildman–Crippen LogP) is 3.47. The first-order valence-corrected chi connectivity index (χ1v) is 5.58. The molecule has 0 amide bonds. The average Bonchev–Trinajstić information content (AvgIpc) is 2.18. The van der Waals surface area contributed by atoms with Gasteiger partial charge < -0.3 is 4.74 Å². The molecule has 0 bridgehead atoms. The van der Waals surface area contributed by atoms with Gasteiger partial charge in [0.1, 0.15) is 0 Å². The highest BCUT2D eigenvalue weighted by Gasteiger charge is 2.00. The van der Waals surface area contributed by atoms with Gasteiger partial charge in [-0.05, 0) is 26.2 Å². The van der Waals surface area contributed by atoms with Gasteiger partial charge in [-0.15, -0.1) is 0 Å². The fraction of sp³-hybridized carbons (Fsp3) is 0.750. The van der Waals surface area contributed by atoms with Crippen LogP contribution in [0.15, 0.2) is 12.2 Å². The van der Waals surface area contributed by atoms with Gasteiger partial charge >= 0.3 is 5.97 Å². The van der Waals surface area contributed by atoms with E-state index in [9.17, 15) is 4.79 Å². The van der Waals surface area contributed by atoms with Crippen LogP contribution in [0.1, 0.15) is 52.4 Å². The van der Waals surface area contributed by atoms with Crippen LogP contribution in [-0.2, 0) is 9.53 Å². The Morgan fingerprint density at radius 3 is 2.71 bits per heavy atom. The average molecular weight is 198 g/mol. The first-order chi connectivity index (χ1) is 6.81. The lowest BCUT2D eigenvalue weighted by molar-refractivity contribution is -0.143. The fourth-order valence-electron chi connectivity index (χ4n) is 1.15. The largest absolute Gasteiger partial charge is 0.466 e. The Labute approximate surface area is 87.3 Å². The Morgan fingerprint density at radius 2 is 2.07 bits per heavy atom. The van der Waals surface area contributed by atoms with Gasteiger partial charge in [0.25, 0.3) is 0 Å². The molecule has 0 heterocycles. The van der Waals surface area contributed by atoms with Crippen molar-refractivity contribution < 1.29 is 9.53 Å². The van der Waals surface area contributed by atoms with Crippen molar-refractivity contribution in [2.24, 2.45) is 0 Å².